The number of carbonyl (C=O) groups is 1. The first-order valence-corrected chi connectivity index (χ1v) is 8.21. The number of amides is 1. The van der Waals surface area contributed by atoms with E-state index in [9.17, 15) is 9.90 Å². The summed E-state index contributed by atoms with van der Waals surface area (Å²) in [5.74, 6) is 0.681. The average Bonchev–Trinajstić information content (AvgIpc) is 2.58. The molecular weight excluding hydrogens is 350 g/mol. The summed E-state index contributed by atoms with van der Waals surface area (Å²) >= 11 is 3.33. The van der Waals surface area contributed by atoms with Gasteiger partial charge in [0, 0.05) is 31.7 Å². The Balaban J connectivity index is 1.59. The number of nitrogens with zero attached hydrogens (tertiary/aromatic N) is 3. The van der Waals surface area contributed by atoms with Crippen molar-refractivity contribution in [2.24, 2.45) is 12.5 Å². The van der Waals surface area contributed by atoms with Crippen LogP contribution in [0.1, 0.15) is 39.4 Å². The molecule has 1 spiro atoms. The van der Waals surface area contributed by atoms with Gasteiger partial charge in [-0.3, -0.25) is 0 Å². The number of aromatic nitrogens is 2. The van der Waals surface area contributed by atoms with E-state index in [1.807, 2.05) is 38.6 Å². The quantitative estimate of drug-likeness (QED) is 0.822. The molecule has 2 heterocycles. The van der Waals surface area contributed by atoms with E-state index >= 15 is 0 Å². The van der Waals surface area contributed by atoms with Crippen LogP contribution in [-0.2, 0) is 17.4 Å². The second-order valence-electron chi connectivity index (χ2n) is 7.72. The van der Waals surface area contributed by atoms with Crippen molar-refractivity contribution in [1.82, 2.24) is 14.5 Å². The van der Waals surface area contributed by atoms with Gasteiger partial charge in [-0.2, -0.15) is 0 Å². The van der Waals surface area contributed by atoms with Crippen molar-refractivity contribution in [3.8, 4) is 0 Å². The third-order valence-electron chi connectivity index (χ3n) is 4.30. The molecule has 7 heteroatoms. The molecule has 1 saturated carbocycles. The van der Waals surface area contributed by atoms with E-state index in [-0.39, 0.29) is 11.5 Å². The largest absolute Gasteiger partial charge is 0.444 e. The van der Waals surface area contributed by atoms with Crippen LogP contribution in [0.2, 0.25) is 0 Å². The van der Waals surface area contributed by atoms with Crippen LogP contribution in [0.25, 0.3) is 0 Å². The summed E-state index contributed by atoms with van der Waals surface area (Å²) in [5.41, 5.74) is -1.34. The fraction of sp³-hybridized carbons (Fsp3) is 0.733. The van der Waals surface area contributed by atoms with Gasteiger partial charge >= 0.3 is 6.09 Å². The highest BCUT2D eigenvalue weighted by Crippen LogP contribution is 2.58. The van der Waals surface area contributed by atoms with Crippen LogP contribution in [0, 0.1) is 5.41 Å². The third kappa shape index (κ3) is 2.65. The first kappa shape index (κ1) is 15.8. The van der Waals surface area contributed by atoms with Crippen LogP contribution in [0.4, 0.5) is 4.79 Å². The van der Waals surface area contributed by atoms with Gasteiger partial charge < -0.3 is 19.3 Å². The minimum Gasteiger partial charge on any atom is -0.444 e. The maximum Gasteiger partial charge on any atom is 0.410 e. The monoisotopic (exact) mass is 371 g/mol. The van der Waals surface area contributed by atoms with Gasteiger partial charge in [0.2, 0.25) is 0 Å². The summed E-state index contributed by atoms with van der Waals surface area (Å²) in [6, 6.07) is 0. The van der Waals surface area contributed by atoms with Crippen molar-refractivity contribution in [3.05, 3.63) is 16.6 Å². The Kier molecular flexibility index (Phi) is 3.38. The molecule has 1 N–H and O–H groups in total. The van der Waals surface area contributed by atoms with E-state index in [2.05, 4.69) is 20.9 Å². The second-order valence-corrected chi connectivity index (χ2v) is 8.53. The average molecular weight is 372 g/mol. The Morgan fingerprint density at radius 3 is 2.45 bits per heavy atom. The van der Waals surface area contributed by atoms with Gasteiger partial charge in [0.15, 0.2) is 0 Å². The molecule has 1 amide bonds. The van der Waals surface area contributed by atoms with Gasteiger partial charge in [-0.1, -0.05) is 0 Å². The molecule has 1 aromatic heterocycles. The molecule has 0 unspecified atom stereocenters. The molecule has 2 fully saturated rings. The number of aryl methyl sites for hydroxylation is 1. The summed E-state index contributed by atoms with van der Waals surface area (Å²) in [7, 11) is 1.88. The van der Waals surface area contributed by atoms with Gasteiger partial charge in [0.05, 0.1) is 0 Å². The van der Waals surface area contributed by atoms with Crippen LogP contribution < -0.4 is 0 Å². The summed E-state index contributed by atoms with van der Waals surface area (Å²) < 4.78 is 7.94. The Hall–Kier alpha value is -1.08. The van der Waals surface area contributed by atoms with Crippen LogP contribution in [0.15, 0.2) is 10.8 Å². The van der Waals surface area contributed by atoms with E-state index in [4.69, 9.17) is 4.74 Å². The minimum absolute atomic E-state index is 0.0179. The molecule has 22 heavy (non-hydrogen) atoms. The lowest BCUT2D eigenvalue weighted by Gasteiger charge is -2.61. The molecule has 0 radical (unpaired) electrons. The first-order valence-electron chi connectivity index (χ1n) is 7.42. The molecule has 2 aliphatic rings. The normalized spacial score (nSPS) is 22.2. The predicted octanol–water partition coefficient (Wildman–Crippen LogP) is 2.40. The lowest BCUT2D eigenvalue weighted by Crippen LogP contribution is -2.68. The summed E-state index contributed by atoms with van der Waals surface area (Å²) in [6.07, 6.45) is 2.84. The molecule has 122 valence electrons. The molecule has 0 atom stereocenters. The number of imidazole rings is 1. The van der Waals surface area contributed by atoms with Crippen molar-refractivity contribution in [3.63, 3.8) is 0 Å². The molecule has 1 aliphatic heterocycles. The molecule has 1 aromatic rings. The molecule has 1 aliphatic carbocycles. The number of carbonyl (C=O) groups excluding carboxylic acids is 1. The number of hydrogen-bond acceptors (Lipinski definition) is 4. The van der Waals surface area contributed by atoms with Crippen LogP contribution >= 0.6 is 15.9 Å². The molecule has 0 bridgehead atoms. The number of aliphatic hydroxyl groups is 1. The predicted molar refractivity (Wildman–Crippen MR) is 84.3 cm³/mol. The lowest BCUT2D eigenvalue weighted by atomic mass is 9.55. The zero-order chi connectivity index (χ0) is 16.3. The van der Waals surface area contributed by atoms with Crippen molar-refractivity contribution < 1.29 is 14.6 Å². The highest BCUT2D eigenvalue weighted by atomic mass is 79.9. The fourth-order valence-corrected chi connectivity index (χ4v) is 4.13. The van der Waals surface area contributed by atoms with E-state index in [0.717, 1.165) is 4.60 Å². The second kappa shape index (κ2) is 4.71. The van der Waals surface area contributed by atoms with Crippen molar-refractivity contribution >= 4 is 22.0 Å². The summed E-state index contributed by atoms with van der Waals surface area (Å²) in [5, 5.41) is 10.7. The van der Waals surface area contributed by atoms with Gasteiger partial charge in [0.25, 0.3) is 0 Å². The third-order valence-corrected chi connectivity index (χ3v) is 4.68. The number of likely N-dealkylation sites (tertiary alicyclic amines) is 1. The summed E-state index contributed by atoms with van der Waals surface area (Å²) in [4.78, 5) is 18.0. The van der Waals surface area contributed by atoms with Gasteiger partial charge in [-0.25, -0.2) is 9.78 Å². The highest BCUT2D eigenvalue weighted by molar-refractivity contribution is 9.10. The van der Waals surface area contributed by atoms with E-state index in [1.165, 1.54) is 0 Å². The van der Waals surface area contributed by atoms with E-state index < -0.39 is 11.2 Å². The Labute approximate surface area is 138 Å². The lowest BCUT2D eigenvalue weighted by molar-refractivity contribution is -0.195. The molecule has 6 nitrogen and oxygen atoms in total. The van der Waals surface area contributed by atoms with Gasteiger partial charge in [-0.05, 0) is 49.5 Å². The summed E-state index contributed by atoms with van der Waals surface area (Å²) in [6.45, 7) is 6.88. The Bertz CT molecular complexity index is 606. The number of halogens is 1. The zero-order valence-electron chi connectivity index (χ0n) is 13.4. The molecule has 1 saturated heterocycles. The van der Waals surface area contributed by atoms with Crippen molar-refractivity contribution in [2.45, 2.75) is 44.8 Å². The molecule has 3 rings (SSSR count). The van der Waals surface area contributed by atoms with Crippen LogP contribution in [0.5, 0.6) is 0 Å². The molecular formula is C15H22BrN3O3. The molecule has 0 aromatic carbocycles. The van der Waals surface area contributed by atoms with Crippen molar-refractivity contribution in [1.29, 1.82) is 0 Å². The maximum absolute atomic E-state index is 12.0. The van der Waals surface area contributed by atoms with E-state index in [0.29, 0.717) is 31.8 Å². The first-order chi connectivity index (χ1) is 10.0. The standard InChI is InChI=1S/C15H22BrN3O3/c1-13(2,3)22-12(20)19-8-14(9-19)6-15(21,7-14)11-17-10(16)5-18(11)4/h5,21H,6-9H2,1-4H3. The minimum atomic E-state index is -0.888. The number of hydrogen-bond donors (Lipinski definition) is 1. The smallest absolute Gasteiger partial charge is 0.410 e. The van der Waals surface area contributed by atoms with Crippen molar-refractivity contribution in [2.75, 3.05) is 13.1 Å². The maximum atomic E-state index is 12.0. The van der Waals surface area contributed by atoms with Crippen LogP contribution in [-0.4, -0.2) is 44.3 Å². The van der Waals surface area contributed by atoms with Crippen LogP contribution in [0.3, 0.4) is 0 Å². The van der Waals surface area contributed by atoms with E-state index in [1.54, 1.807) is 4.90 Å². The SMILES string of the molecule is Cn1cc(Br)nc1C1(O)CC2(CN(C(=O)OC(C)(C)C)C2)C1. The Morgan fingerprint density at radius 1 is 1.41 bits per heavy atom. The Morgan fingerprint density at radius 2 is 2.00 bits per heavy atom. The fourth-order valence-electron chi connectivity index (χ4n) is 3.65. The zero-order valence-corrected chi connectivity index (χ0v) is 15.0. The number of rotatable bonds is 1. The van der Waals surface area contributed by atoms with Gasteiger partial charge in [-0.15, -0.1) is 0 Å². The topological polar surface area (TPSA) is 67.6 Å². The van der Waals surface area contributed by atoms with Gasteiger partial charge in [0.1, 0.15) is 21.6 Å². The number of ether oxygens (including phenoxy) is 1. The highest BCUT2D eigenvalue weighted by Gasteiger charge is 2.62.